The van der Waals surface area contributed by atoms with Gasteiger partial charge in [0.15, 0.2) is 0 Å². The van der Waals surface area contributed by atoms with E-state index in [2.05, 4.69) is 26.7 Å². The molecule has 1 unspecified atom stereocenters. The number of amides is 1. The Morgan fingerprint density at radius 2 is 2.04 bits per heavy atom. The Hall–Kier alpha value is -1.57. The lowest BCUT2D eigenvalue weighted by atomic mass is 10.2. The molecular formula is C16H25N5O2. The Morgan fingerprint density at radius 1 is 1.22 bits per heavy atom. The molecule has 0 aliphatic carbocycles. The van der Waals surface area contributed by atoms with Crippen LogP contribution >= 0.6 is 0 Å². The van der Waals surface area contributed by atoms with E-state index in [0.29, 0.717) is 5.69 Å². The molecule has 3 heterocycles. The summed E-state index contributed by atoms with van der Waals surface area (Å²) in [4.78, 5) is 27.1. The standard InChI is InChI=1S/C16H25N5O2/c1-2-19-9-10-23-14(12-19)13-20-5-7-21(8-6-20)16(22)15-11-17-3-4-18-15/h3-4,11,14H,2,5-10,12-13H2,1H3. The number of piperazine rings is 1. The van der Waals surface area contributed by atoms with Crippen LogP contribution in [0.3, 0.4) is 0 Å². The molecule has 2 aliphatic rings. The number of carbonyl (C=O) groups is 1. The van der Waals surface area contributed by atoms with Gasteiger partial charge in [-0.15, -0.1) is 0 Å². The maximum atomic E-state index is 12.4. The van der Waals surface area contributed by atoms with Crippen molar-refractivity contribution < 1.29 is 9.53 Å². The van der Waals surface area contributed by atoms with Crippen molar-refractivity contribution >= 4 is 5.91 Å². The molecule has 0 N–H and O–H groups in total. The Bertz CT molecular complexity index is 504. The van der Waals surface area contributed by atoms with E-state index >= 15 is 0 Å². The number of morpholine rings is 1. The van der Waals surface area contributed by atoms with Gasteiger partial charge < -0.3 is 9.64 Å². The fourth-order valence-electron chi connectivity index (χ4n) is 3.17. The average Bonchev–Trinajstić information content (AvgIpc) is 2.63. The van der Waals surface area contributed by atoms with E-state index in [4.69, 9.17) is 4.74 Å². The number of ether oxygens (including phenoxy) is 1. The average molecular weight is 319 g/mol. The first-order valence-electron chi connectivity index (χ1n) is 8.38. The van der Waals surface area contributed by atoms with Crippen LogP contribution in [-0.4, -0.2) is 95.6 Å². The van der Waals surface area contributed by atoms with Crippen molar-refractivity contribution in [3.05, 3.63) is 24.3 Å². The maximum absolute atomic E-state index is 12.4. The molecule has 126 valence electrons. The van der Waals surface area contributed by atoms with Gasteiger partial charge in [0.25, 0.3) is 5.91 Å². The minimum Gasteiger partial charge on any atom is -0.374 e. The summed E-state index contributed by atoms with van der Waals surface area (Å²) in [6.45, 7) is 10.3. The zero-order valence-electron chi connectivity index (χ0n) is 13.7. The van der Waals surface area contributed by atoms with Gasteiger partial charge >= 0.3 is 0 Å². The lowest BCUT2D eigenvalue weighted by Crippen LogP contribution is -2.53. The molecule has 1 aromatic rings. The number of rotatable bonds is 4. The second-order valence-electron chi connectivity index (χ2n) is 6.07. The highest BCUT2D eigenvalue weighted by Gasteiger charge is 2.26. The maximum Gasteiger partial charge on any atom is 0.274 e. The van der Waals surface area contributed by atoms with Crippen molar-refractivity contribution in [1.82, 2.24) is 24.7 Å². The summed E-state index contributed by atoms with van der Waals surface area (Å²) < 4.78 is 5.87. The number of nitrogens with zero attached hydrogens (tertiary/aromatic N) is 5. The molecule has 1 atom stereocenters. The molecule has 0 aromatic carbocycles. The van der Waals surface area contributed by atoms with E-state index in [1.54, 1.807) is 12.4 Å². The third-order valence-corrected chi connectivity index (χ3v) is 4.57. The molecular weight excluding hydrogens is 294 g/mol. The van der Waals surface area contributed by atoms with Crippen LogP contribution in [-0.2, 0) is 4.74 Å². The van der Waals surface area contributed by atoms with Crippen LogP contribution in [0.15, 0.2) is 18.6 Å². The molecule has 0 spiro atoms. The van der Waals surface area contributed by atoms with Gasteiger partial charge in [0, 0.05) is 58.2 Å². The van der Waals surface area contributed by atoms with Crippen molar-refractivity contribution in [2.45, 2.75) is 13.0 Å². The summed E-state index contributed by atoms with van der Waals surface area (Å²) in [5.74, 6) is -0.0242. The third kappa shape index (κ3) is 4.25. The normalized spacial score (nSPS) is 23.9. The van der Waals surface area contributed by atoms with Gasteiger partial charge in [-0.25, -0.2) is 4.98 Å². The zero-order chi connectivity index (χ0) is 16.1. The van der Waals surface area contributed by atoms with Crippen molar-refractivity contribution in [2.75, 3.05) is 59.0 Å². The van der Waals surface area contributed by atoms with E-state index in [0.717, 1.165) is 59.0 Å². The van der Waals surface area contributed by atoms with Crippen LogP contribution in [0.2, 0.25) is 0 Å². The van der Waals surface area contributed by atoms with Crippen LogP contribution in [0, 0.1) is 0 Å². The molecule has 7 heteroatoms. The van der Waals surface area contributed by atoms with Gasteiger partial charge in [-0.05, 0) is 6.54 Å². The highest BCUT2D eigenvalue weighted by Crippen LogP contribution is 2.10. The first-order chi connectivity index (χ1) is 11.3. The van der Waals surface area contributed by atoms with E-state index in [1.807, 2.05) is 4.90 Å². The Labute approximate surface area is 137 Å². The summed E-state index contributed by atoms with van der Waals surface area (Å²) in [6, 6.07) is 0. The van der Waals surface area contributed by atoms with Crippen LogP contribution in [0.4, 0.5) is 0 Å². The predicted molar refractivity (Wildman–Crippen MR) is 86.2 cm³/mol. The van der Waals surface area contributed by atoms with Gasteiger partial charge in [-0.3, -0.25) is 19.6 Å². The smallest absolute Gasteiger partial charge is 0.274 e. The molecule has 2 aliphatic heterocycles. The fraction of sp³-hybridized carbons (Fsp3) is 0.688. The molecule has 3 rings (SSSR count). The number of aromatic nitrogens is 2. The molecule has 0 radical (unpaired) electrons. The molecule has 2 fully saturated rings. The number of carbonyl (C=O) groups excluding carboxylic acids is 1. The van der Waals surface area contributed by atoms with Gasteiger partial charge in [0.1, 0.15) is 5.69 Å². The lowest BCUT2D eigenvalue weighted by Gasteiger charge is -2.39. The van der Waals surface area contributed by atoms with Crippen molar-refractivity contribution in [1.29, 1.82) is 0 Å². The second kappa shape index (κ2) is 7.81. The van der Waals surface area contributed by atoms with Crippen molar-refractivity contribution in [2.24, 2.45) is 0 Å². The topological polar surface area (TPSA) is 61.8 Å². The monoisotopic (exact) mass is 319 g/mol. The molecule has 1 amide bonds. The number of likely N-dealkylation sites (N-methyl/N-ethyl adjacent to an activating group) is 1. The number of hydrogen-bond acceptors (Lipinski definition) is 6. The lowest BCUT2D eigenvalue weighted by molar-refractivity contribution is -0.0458. The Kier molecular flexibility index (Phi) is 5.53. The summed E-state index contributed by atoms with van der Waals surface area (Å²) in [5, 5.41) is 0. The molecule has 23 heavy (non-hydrogen) atoms. The quantitative estimate of drug-likeness (QED) is 0.776. The van der Waals surface area contributed by atoms with Gasteiger partial charge in [-0.2, -0.15) is 0 Å². The molecule has 1 aromatic heterocycles. The largest absolute Gasteiger partial charge is 0.374 e. The van der Waals surface area contributed by atoms with Crippen LogP contribution in [0.5, 0.6) is 0 Å². The Morgan fingerprint density at radius 3 is 2.74 bits per heavy atom. The summed E-state index contributed by atoms with van der Waals surface area (Å²) in [5.41, 5.74) is 0.426. The van der Waals surface area contributed by atoms with Crippen LogP contribution < -0.4 is 0 Å². The SMILES string of the molecule is CCN1CCOC(CN2CCN(C(=O)c3cnccn3)CC2)C1. The summed E-state index contributed by atoms with van der Waals surface area (Å²) in [6.07, 6.45) is 4.96. The third-order valence-electron chi connectivity index (χ3n) is 4.57. The molecule has 0 saturated carbocycles. The van der Waals surface area contributed by atoms with Gasteiger partial charge in [-0.1, -0.05) is 6.92 Å². The van der Waals surface area contributed by atoms with E-state index < -0.39 is 0 Å². The van der Waals surface area contributed by atoms with E-state index in [-0.39, 0.29) is 12.0 Å². The second-order valence-corrected chi connectivity index (χ2v) is 6.07. The minimum atomic E-state index is -0.0242. The molecule has 2 saturated heterocycles. The van der Waals surface area contributed by atoms with Gasteiger partial charge in [0.05, 0.1) is 18.9 Å². The van der Waals surface area contributed by atoms with Crippen LogP contribution in [0.25, 0.3) is 0 Å². The predicted octanol–water partition coefficient (Wildman–Crippen LogP) is -0.0449. The first kappa shape index (κ1) is 16.3. The van der Waals surface area contributed by atoms with E-state index in [1.165, 1.54) is 6.20 Å². The first-order valence-corrected chi connectivity index (χ1v) is 8.38. The molecule has 7 nitrogen and oxygen atoms in total. The van der Waals surface area contributed by atoms with Crippen molar-refractivity contribution in [3.63, 3.8) is 0 Å². The van der Waals surface area contributed by atoms with Crippen molar-refractivity contribution in [3.8, 4) is 0 Å². The highest BCUT2D eigenvalue weighted by atomic mass is 16.5. The molecule has 0 bridgehead atoms. The Balaban J connectivity index is 1.46. The van der Waals surface area contributed by atoms with E-state index in [9.17, 15) is 4.79 Å². The fourth-order valence-corrected chi connectivity index (χ4v) is 3.17. The number of hydrogen-bond donors (Lipinski definition) is 0. The zero-order valence-corrected chi connectivity index (χ0v) is 13.7. The summed E-state index contributed by atoms with van der Waals surface area (Å²) >= 11 is 0. The summed E-state index contributed by atoms with van der Waals surface area (Å²) in [7, 11) is 0. The van der Waals surface area contributed by atoms with Gasteiger partial charge in [0.2, 0.25) is 0 Å². The van der Waals surface area contributed by atoms with Crippen LogP contribution in [0.1, 0.15) is 17.4 Å². The highest BCUT2D eigenvalue weighted by molar-refractivity contribution is 5.92. The minimum absolute atomic E-state index is 0.0242.